The van der Waals surface area contributed by atoms with Crippen molar-refractivity contribution in [3.8, 4) is 0 Å². The standard InChI is InChI=1S/C17H20FN5O3/c1-3-12-14(18)15(24)20-17(19-12)23-7-10-5-22(6-11(10)8-23)16(25)13-4-9(2)26-21-13/h4,10-11,14H,3,5-8H2,1-2H3. The number of fused-ring (bicyclic) bond motifs is 1. The number of amides is 2. The minimum atomic E-state index is -1.72. The van der Waals surface area contributed by atoms with Crippen LogP contribution in [0.2, 0.25) is 0 Å². The van der Waals surface area contributed by atoms with Gasteiger partial charge in [-0.3, -0.25) is 9.59 Å². The quantitative estimate of drug-likeness (QED) is 0.786. The van der Waals surface area contributed by atoms with E-state index in [9.17, 15) is 14.0 Å². The predicted molar refractivity (Wildman–Crippen MR) is 90.8 cm³/mol. The molecule has 3 aliphatic heterocycles. The average Bonchev–Trinajstić information content (AvgIpc) is 3.30. The molecule has 3 aliphatic rings. The molecule has 1 aromatic heterocycles. The highest BCUT2D eigenvalue weighted by Gasteiger charge is 2.44. The third-order valence-electron chi connectivity index (χ3n) is 5.23. The van der Waals surface area contributed by atoms with Crippen LogP contribution in [0.3, 0.4) is 0 Å². The van der Waals surface area contributed by atoms with Crippen molar-refractivity contribution in [3.63, 3.8) is 0 Å². The third-order valence-corrected chi connectivity index (χ3v) is 5.23. The SMILES string of the molecule is CCC1=NC(N2CC3CN(C(=O)c4cc(C)on4)CC3C2)=NC(=O)C1F. The van der Waals surface area contributed by atoms with E-state index >= 15 is 0 Å². The second-order valence-corrected chi connectivity index (χ2v) is 7.03. The van der Waals surface area contributed by atoms with Crippen molar-refractivity contribution in [1.29, 1.82) is 0 Å². The van der Waals surface area contributed by atoms with Crippen LogP contribution in [0.15, 0.2) is 20.6 Å². The number of hydrogen-bond acceptors (Lipinski definition) is 6. The van der Waals surface area contributed by atoms with Crippen LogP contribution >= 0.6 is 0 Å². The van der Waals surface area contributed by atoms with Gasteiger partial charge in [0.25, 0.3) is 11.8 Å². The molecule has 0 spiro atoms. The number of aliphatic imine (C=N–C) groups is 2. The van der Waals surface area contributed by atoms with E-state index in [4.69, 9.17) is 4.52 Å². The third kappa shape index (κ3) is 2.81. The lowest BCUT2D eigenvalue weighted by atomic mass is 10.0. The average molecular weight is 361 g/mol. The Morgan fingerprint density at radius 3 is 2.54 bits per heavy atom. The molecule has 138 valence electrons. The van der Waals surface area contributed by atoms with Crippen LogP contribution in [0.5, 0.6) is 0 Å². The maximum atomic E-state index is 13.8. The second kappa shape index (κ2) is 6.30. The molecule has 26 heavy (non-hydrogen) atoms. The van der Waals surface area contributed by atoms with Crippen molar-refractivity contribution >= 4 is 23.5 Å². The van der Waals surface area contributed by atoms with Crippen LogP contribution in [-0.2, 0) is 4.79 Å². The molecular formula is C17H20FN5O3. The summed E-state index contributed by atoms with van der Waals surface area (Å²) in [5.41, 5.74) is 0.558. The molecule has 2 saturated heterocycles. The lowest BCUT2D eigenvalue weighted by Gasteiger charge is -2.24. The van der Waals surface area contributed by atoms with Crippen LogP contribution in [-0.4, -0.2) is 70.8 Å². The minimum absolute atomic E-state index is 0.125. The van der Waals surface area contributed by atoms with Gasteiger partial charge in [0, 0.05) is 44.1 Å². The Labute approximate surface area is 149 Å². The summed E-state index contributed by atoms with van der Waals surface area (Å²) in [6, 6.07) is 1.64. The number of halogens is 1. The molecule has 2 amide bonds. The number of carbonyl (C=O) groups excluding carboxylic acids is 2. The van der Waals surface area contributed by atoms with E-state index in [1.54, 1.807) is 24.8 Å². The summed E-state index contributed by atoms with van der Waals surface area (Å²) in [4.78, 5) is 36.0. The predicted octanol–water partition coefficient (Wildman–Crippen LogP) is 1.07. The van der Waals surface area contributed by atoms with E-state index < -0.39 is 12.1 Å². The number of hydrogen-bond donors (Lipinski definition) is 0. The molecule has 0 saturated carbocycles. The lowest BCUT2D eigenvalue weighted by Crippen LogP contribution is -2.39. The summed E-state index contributed by atoms with van der Waals surface area (Å²) in [5.74, 6) is 0.553. The summed E-state index contributed by atoms with van der Waals surface area (Å²) in [6.07, 6.45) is -1.34. The van der Waals surface area contributed by atoms with Crippen molar-refractivity contribution in [2.24, 2.45) is 21.8 Å². The first-order valence-corrected chi connectivity index (χ1v) is 8.78. The fraction of sp³-hybridized carbons (Fsp3) is 0.588. The number of rotatable bonds is 2. The molecule has 0 aliphatic carbocycles. The van der Waals surface area contributed by atoms with Gasteiger partial charge >= 0.3 is 0 Å². The summed E-state index contributed by atoms with van der Waals surface area (Å²) in [7, 11) is 0. The van der Waals surface area contributed by atoms with Gasteiger partial charge in [-0.15, -0.1) is 0 Å². The summed E-state index contributed by atoms with van der Waals surface area (Å²) in [6.45, 7) is 6.05. The molecule has 4 heterocycles. The highest BCUT2D eigenvalue weighted by Crippen LogP contribution is 2.32. The Morgan fingerprint density at radius 1 is 1.27 bits per heavy atom. The fourth-order valence-electron chi connectivity index (χ4n) is 3.86. The zero-order valence-electron chi connectivity index (χ0n) is 14.7. The van der Waals surface area contributed by atoms with E-state index in [1.807, 2.05) is 4.90 Å². The molecule has 8 nitrogen and oxygen atoms in total. The largest absolute Gasteiger partial charge is 0.361 e. The molecule has 0 bridgehead atoms. The molecule has 0 radical (unpaired) electrons. The smallest absolute Gasteiger partial charge is 0.289 e. The summed E-state index contributed by atoms with van der Waals surface area (Å²) < 4.78 is 18.7. The topological polar surface area (TPSA) is 91.4 Å². The summed E-state index contributed by atoms with van der Waals surface area (Å²) >= 11 is 0. The fourth-order valence-corrected chi connectivity index (χ4v) is 3.86. The zero-order chi connectivity index (χ0) is 18.4. The van der Waals surface area contributed by atoms with E-state index in [0.29, 0.717) is 50.0 Å². The number of aryl methyl sites for hydroxylation is 1. The molecule has 4 rings (SSSR count). The van der Waals surface area contributed by atoms with Crippen LogP contribution in [0.25, 0.3) is 0 Å². The van der Waals surface area contributed by atoms with Gasteiger partial charge in [-0.1, -0.05) is 12.1 Å². The van der Waals surface area contributed by atoms with Gasteiger partial charge in [0.1, 0.15) is 5.76 Å². The van der Waals surface area contributed by atoms with Gasteiger partial charge in [-0.25, -0.2) is 9.38 Å². The Balaban J connectivity index is 1.42. The van der Waals surface area contributed by atoms with E-state index in [0.717, 1.165) is 0 Å². The van der Waals surface area contributed by atoms with Crippen molar-refractivity contribution in [1.82, 2.24) is 15.0 Å². The molecular weight excluding hydrogens is 341 g/mol. The Hall–Kier alpha value is -2.58. The Kier molecular flexibility index (Phi) is 4.08. The Bertz CT molecular complexity index is 803. The summed E-state index contributed by atoms with van der Waals surface area (Å²) in [5, 5.41) is 3.79. The van der Waals surface area contributed by atoms with Gasteiger partial charge in [0.05, 0.1) is 5.71 Å². The lowest BCUT2D eigenvalue weighted by molar-refractivity contribution is -0.120. The molecule has 9 heteroatoms. The van der Waals surface area contributed by atoms with Crippen LogP contribution < -0.4 is 0 Å². The van der Waals surface area contributed by atoms with Gasteiger partial charge in [0.15, 0.2) is 5.69 Å². The molecule has 3 unspecified atom stereocenters. The maximum Gasteiger partial charge on any atom is 0.289 e. The molecule has 0 N–H and O–H groups in total. The number of carbonyl (C=O) groups is 2. The van der Waals surface area contributed by atoms with E-state index in [-0.39, 0.29) is 23.5 Å². The molecule has 0 aromatic carbocycles. The molecule has 2 fully saturated rings. The first-order valence-electron chi connectivity index (χ1n) is 8.78. The monoisotopic (exact) mass is 361 g/mol. The number of nitrogens with zero attached hydrogens (tertiary/aromatic N) is 5. The first-order chi connectivity index (χ1) is 12.5. The van der Waals surface area contributed by atoms with Crippen molar-refractivity contribution in [3.05, 3.63) is 17.5 Å². The van der Waals surface area contributed by atoms with Crippen LogP contribution in [0.1, 0.15) is 29.6 Å². The van der Waals surface area contributed by atoms with Crippen LogP contribution in [0.4, 0.5) is 4.39 Å². The maximum absolute atomic E-state index is 13.8. The highest BCUT2D eigenvalue weighted by molar-refractivity contribution is 6.17. The van der Waals surface area contributed by atoms with E-state index in [1.165, 1.54) is 0 Å². The molecule has 1 aromatic rings. The second-order valence-electron chi connectivity index (χ2n) is 7.03. The minimum Gasteiger partial charge on any atom is -0.361 e. The van der Waals surface area contributed by atoms with Crippen molar-refractivity contribution in [2.75, 3.05) is 26.2 Å². The van der Waals surface area contributed by atoms with Crippen molar-refractivity contribution in [2.45, 2.75) is 26.4 Å². The van der Waals surface area contributed by atoms with Gasteiger partial charge in [-0.2, -0.15) is 4.99 Å². The van der Waals surface area contributed by atoms with Gasteiger partial charge in [-0.05, 0) is 13.3 Å². The number of aromatic nitrogens is 1. The van der Waals surface area contributed by atoms with Gasteiger partial charge in [0.2, 0.25) is 12.1 Å². The van der Waals surface area contributed by atoms with Crippen molar-refractivity contribution < 1.29 is 18.5 Å². The highest BCUT2D eigenvalue weighted by atomic mass is 19.1. The molecule has 3 atom stereocenters. The first kappa shape index (κ1) is 16.9. The number of alkyl halides is 1. The Morgan fingerprint density at radius 2 is 1.96 bits per heavy atom. The normalized spacial score (nSPS) is 28.3. The number of likely N-dealkylation sites (tertiary alicyclic amines) is 2. The zero-order valence-corrected chi connectivity index (χ0v) is 14.7. The van der Waals surface area contributed by atoms with Crippen LogP contribution in [0, 0.1) is 18.8 Å². The van der Waals surface area contributed by atoms with Gasteiger partial charge < -0.3 is 14.3 Å². The van der Waals surface area contributed by atoms with E-state index in [2.05, 4.69) is 15.1 Å². The number of guanidine groups is 1.